The smallest absolute Gasteiger partial charge is 0.255 e. The number of carbonyl (C=O) groups is 1. The Balaban J connectivity index is 2.56. The molecule has 0 aliphatic rings. The fraction of sp³-hybridized carbons (Fsp3) is 0.600. The molecule has 5 heteroatoms. The van der Waals surface area contributed by atoms with Gasteiger partial charge < -0.3 is 11.1 Å². The van der Waals surface area contributed by atoms with Gasteiger partial charge in [0.05, 0.1) is 5.56 Å². The summed E-state index contributed by atoms with van der Waals surface area (Å²) in [5, 5.41) is 2.95. The van der Waals surface area contributed by atoms with Gasteiger partial charge in [0.25, 0.3) is 5.91 Å². The third kappa shape index (κ3) is 5.49. The van der Waals surface area contributed by atoms with Gasteiger partial charge in [-0.25, -0.2) is 4.98 Å². The zero-order valence-corrected chi connectivity index (χ0v) is 14.1. The Morgan fingerprint density at radius 2 is 2.15 bits per heavy atom. The third-order valence-electron chi connectivity index (χ3n) is 3.31. The summed E-state index contributed by atoms with van der Waals surface area (Å²) in [6, 6.07) is 1.70. The van der Waals surface area contributed by atoms with E-state index in [4.69, 9.17) is 5.73 Å². The van der Waals surface area contributed by atoms with Crippen LogP contribution in [-0.4, -0.2) is 17.4 Å². The van der Waals surface area contributed by atoms with Crippen molar-refractivity contribution in [3.8, 4) is 0 Å². The summed E-state index contributed by atoms with van der Waals surface area (Å²) in [5.74, 6) is 0.0920. The number of carbonyl (C=O) groups excluding carboxylic acids is 1. The second-order valence-corrected chi connectivity index (χ2v) is 6.81. The molecular formula is C15H24BrN3O. The molecule has 0 aromatic carbocycles. The zero-order chi connectivity index (χ0) is 15.2. The van der Waals surface area contributed by atoms with Gasteiger partial charge in [-0.3, -0.25) is 4.79 Å². The molecule has 1 heterocycles. The van der Waals surface area contributed by atoms with Crippen LogP contribution in [-0.2, 0) is 0 Å². The summed E-state index contributed by atoms with van der Waals surface area (Å²) in [7, 11) is 0. The molecule has 1 amide bonds. The van der Waals surface area contributed by atoms with Gasteiger partial charge in [0, 0.05) is 17.2 Å². The molecule has 1 aromatic rings. The maximum absolute atomic E-state index is 12.1. The van der Waals surface area contributed by atoms with E-state index < -0.39 is 0 Å². The van der Waals surface area contributed by atoms with Crippen LogP contribution >= 0.6 is 15.9 Å². The monoisotopic (exact) mass is 341 g/mol. The van der Waals surface area contributed by atoms with E-state index in [1.165, 1.54) is 19.3 Å². The molecule has 1 aromatic heterocycles. The predicted octanol–water partition coefficient (Wildman–Crippen LogP) is 3.76. The van der Waals surface area contributed by atoms with Crippen LogP contribution < -0.4 is 11.1 Å². The van der Waals surface area contributed by atoms with Crippen LogP contribution in [0.15, 0.2) is 16.7 Å². The van der Waals surface area contributed by atoms with Crippen LogP contribution in [0, 0.1) is 5.41 Å². The Kier molecular flexibility index (Phi) is 6.46. The Morgan fingerprint density at radius 1 is 1.45 bits per heavy atom. The summed E-state index contributed by atoms with van der Waals surface area (Å²) in [5.41, 5.74) is 6.25. The summed E-state index contributed by atoms with van der Waals surface area (Å²) in [6.45, 7) is 7.18. The van der Waals surface area contributed by atoms with Crippen LogP contribution in [0.4, 0.5) is 5.82 Å². The molecule has 0 unspecified atom stereocenters. The van der Waals surface area contributed by atoms with Gasteiger partial charge in [0.2, 0.25) is 0 Å². The highest BCUT2D eigenvalue weighted by Gasteiger charge is 2.19. The molecule has 20 heavy (non-hydrogen) atoms. The lowest BCUT2D eigenvalue weighted by molar-refractivity contribution is 0.0934. The molecule has 0 atom stereocenters. The molecule has 0 bridgehead atoms. The number of hydrogen-bond acceptors (Lipinski definition) is 3. The van der Waals surface area contributed by atoms with Crippen molar-refractivity contribution in [2.75, 3.05) is 12.3 Å². The first-order chi connectivity index (χ1) is 9.35. The summed E-state index contributed by atoms with van der Waals surface area (Å²) < 4.78 is 0.749. The number of rotatable bonds is 7. The molecular weight excluding hydrogens is 318 g/mol. The number of hydrogen-bond donors (Lipinski definition) is 2. The first kappa shape index (κ1) is 17.0. The van der Waals surface area contributed by atoms with Crippen molar-refractivity contribution in [1.82, 2.24) is 10.3 Å². The minimum Gasteiger partial charge on any atom is -0.383 e. The first-order valence-corrected chi connectivity index (χ1v) is 7.84. The average molecular weight is 342 g/mol. The van der Waals surface area contributed by atoms with E-state index in [1.807, 2.05) is 0 Å². The van der Waals surface area contributed by atoms with Gasteiger partial charge in [-0.2, -0.15) is 0 Å². The van der Waals surface area contributed by atoms with E-state index in [0.29, 0.717) is 12.1 Å². The molecule has 0 radical (unpaired) electrons. The standard InChI is InChI=1S/C15H24BrN3O/c1-4-5-6-7-15(2,3)10-19-14(20)12-8-11(16)9-18-13(12)17/h8-9H,4-7,10H2,1-3H3,(H2,17,18)(H,19,20). The Bertz CT molecular complexity index is 460. The molecule has 0 fully saturated rings. The van der Waals surface area contributed by atoms with E-state index >= 15 is 0 Å². The summed E-state index contributed by atoms with van der Waals surface area (Å²) >= 11 is 3.30. The number of halogens is 1. The highest BCUT2D eigenvalue weighted by molar-refractivity contribution is 9.10. The Morgan fingerprint density at radius 3 is 2.80 bits per heavy atom. The number of unbranched alkanes of at least 4 members (excludes halogenated alkanes) is 2. The van der Waals surface area contributed by atoms with Crippen molar-refractivity contribution in [2.24, 2.45) is 5.41 Å². The molecule has 0 aliphatic carbocycles. The molecule has 0 saturated heterocycles. The molecule has 0 spiro atoms. The lowest BCUT2D eigenvalue weighted by Crippen LogP contribution is -2.34. The molecule has 0 aliphatic heterocycles. The predicted molar refractivity (Wildman–Crippen MR) is 86.6 cm³/mol. The average Bonchev–Trinajstić information content (AvgIpc) is 2.39. The number of amides is 1. The maximum Gasteiger partial charge on any atom is 0.255 e. The van der Waals surface area contributed by atoms with E-state index in [0.717, 1.165) is 10.9 Å². The lowest BCUT2D eigenvalue weighted by atomic mass is 9.87. The number of nitrogens with one attached hydrogen (secondary N) is 1. The van der Waals surface area contributed by atoms with Crippen LogP contribution in [0.3, 0.4) is 0 Å². The Hall–Kier alpha value is -1.10. The molecule has 3 N–H and O–H groups in total. The van der Waals surface area contributed by atoms with Crippen LogP contribution in [0.2, 0.25) is 0 Å². The minimum absolute atomic E-state index is 0.0963. The highest BCUT2D eigenvalue weighted by Crippen LogP contribution is 2.23. The highest BCUT2D eigenvalue weighted by atomic mass is 79.9. The molecule has 4 nitrogen and oxygen atoms in total. The van der Waals surface area contributed by atoms with Crippen LogP contribution in [0.5, 0.6) is 0 Å². The van der Waals surface area contributed by atoms with Crippen molar-refractivity contribution in [2.45, 2.75) is 46.5 Å². The topological polar surface area (TPSA) is 68.0 Å². The first-order valence-electron chi connectivity index (χ1n) is 7.05. The third-order valence-corrected chi connectivity index (χ3v) is 3.75. The zero-order valence-electron chi connectivity index (χ0n) is 12.5. The number of aromatic nitrogens is 1. The summed E-state index contributed by atoms with van der Waals surface area (Å²) in [6.07, 6.45) is 6.33. The molecule has 112 valence electrons. The molecule has 0 saturated carbocycles. The number of pyridine rings is 1. The second kappa shape index (κ2) is 7.62. The van der Waals surface area contributed by atoms with Crippen molar-refractivity contribution < 1.29 is 4.79 Å². The fourth-order valence-corrected chi connectivity index (χ4v) is 2.32. The normalized spacial score (nSPS) is 11.4. The van der Waals surface area contributed by atoms with Crippen LogP contribution in [0.1, 0.15) is 56.8 Å². The molecule has 1 rings (SSSR count). The maximum atomic E-state index is 12.1. The van der Waals surface area contributed by atoms with Crippen molar-refractivity contribution in [1.29, 1.82) is 0 Å². The van der Waals surface area contributed by atoms with Gasteiger partial charge in [-0.1, -0.05) is 40.0 Å². The second-order valence-electron chi connectivity index (χ2n) is 5.89. The fourth-order valence-electron chi connectivity index (χ4n) is 1.99. The number of nitrogen functional groups attached to an aromatic ring is 1. The number of anilines is 1. The number of nitrogens with two attached hydrogens (primary N) is 1. The van der Waals surface area contributed by atoms with Gasteiger partial charge in [-0.05, 0) is 33.8 Å². The van der Waals surface area contributed by atoms with Gasteiger partial charge in [-0.15, -0.1) is 0 Å². The van der Waals surface area contributed by atoms with Gasteiger partial charge >= 0.3 is 0 Å². The van der Waals surface area contributed by atoms with E-state index in [-0.39, 0.29) is 17.1 Å². The van der Waals surface area contributed by atoms with Gasteiger partial charge in [0.15, 0.2) is 0 Å². The van der Waals surface area contributed by atoms with Crippen molar-refractivity contribution >= 4 is 27.7 Å². The number of nitrogens with zero attached hydrogens (tertiary/aromatic N) is 1. The lowest BCUT2D eigenvalue weighted by Gasteiger charge is -2.25. The van der Waals surface area contributed by atoms with Crippen LogP contribution in [0.25, 0.3) is 0 Å². The van der Waals surface area contributed by atoms with Crippen molar-refractivity contribution in [3.63, 3.8) is 0 Å². The van der Waals surface area contributed by atoms with E-state index in [9.17, 15) is 4.79 Å². The Labute approximate surface area is 129 Å². The SMILES string of the molecule is CCCCCC(C)(C)CNC(=O)c1cc(Br)cnc1N. The quantitative estimate of drug-likeness (QED) is 0.742. The van der Waals surface area contributed by atoms with Crippen molar-refractivity contribution in [3.05, 3.63) is 22.3 Å². The van der Waals surface area contributed by atoms with E-state index in [1.54, 1.807) is 12.3 Å². The van der Waals surface area contributed by atoms with E-state index in [2.05, 4.69) is 47.0 Å². The largest absolute Gasteiger partial charge is 0.383 e. The summed E-state index contributed by atoms with van der Waals surface area (Å²) in [4.78, 5) is 16.1. The minimum atomic E-state index is -0.167. The van der Waals surface area contributed by atoms with Gasteiger partial charge in [0.1, 0.15) is 5.82 Å².